The van der Waals surface area contributed by atoms with Crippen molar-refractivity contribution in [2.75, 3.05) is 32.7 Å². The molecule has 3 heterocycles. The van der Waals surface area contributed by atoms with Gasteiger partial charge in [-0.2, -0.15) is 0 Å². The molecule has 1 fully saturated rings. The Bertz CT molecular complexity index is 1250. The van der Waals surface area contributed by atoms with E-state index in [9.17, 15) is 9.59 Å². The molecule has 0 radical (unpaired) electrons. The van der Waals surface area contributed by atoms with Gasteiger partial charge in [-0.1, -0.05) is 55.3 Å². The van der Waals surface area contributed by atoms with E-state index < -0.39 is 0 Å². The Hall–Kier alpha value is -2.96. The van der Waals surface area contributed by atoms with Crippen LogP contribution < -0.4 is 0 Å². The van der Waals surface area contributed by atoms with E-state index in [1.54, 1.807) is 0 Å². The maximum absolute atomic E-state index is 13.5. The Kier molecular flexibility index (Phi) is 8.29. The van der Waals surface area contributed by atoms with Crippen LogP contribution in [0.2, 0.25) is 0 Å². The van der Waals surface area contributed by atoms with Gasteiger partial charge in [0.15, 0.2) is 0 Å². The highest BCUT2D eigenvalue weighted by molar-refractivity contribution is 7.10. The SMILES string of the molecule is CCCCc1ccc(C(=O)N2CCN(C(=O)CN3CCc4sccc4C3c3ccc(C)cc3)CC2C)cc1. The molecule has 1 aromatic heterocycles. The number of carbonyl (C=O) groups is 2. The van der Waals surface area contributed by atoms with Gasteiger partial charge < -0.3 is 9.80 Å². The van der Waals surface area contributed by atoms with Crippen LogP contribution in [0.3, 0.4) is 0 Å². The van der Waals surface area contributed by atoms with Crippen LogP contribution in [0.4, 0.5) is 0 Å². The van der Waals surface area contributed by atoms with Crippen molar-refractivity contribution >= 4 is 23.2 Å². The average molecular weight is 530 g/mol. The van der Waals surface area contributed by atoms with E-state index in [0.717, 1.165) is 31.4 Å². The molecule has 0 aliphatic carbocycles. The van der Waals surface area contributed by atoms with Crippen molar-refractivity contribution in [2.45, 2.75) is 58.5 Å². The fourth-order valence-corrected chi connectivity index (χ4v) is 6.70. The van der Waals surface area contributed by atoms with Crippen LogP contribution in [0.5, 0.6) is 0 Å². The molecule has 38 heavy (non-hydrogen) atoms. The van der Waals surface area contributed by atoms with Gasteiger partial charge in [0.25, 0.3) is 5.91 Å². The number of aryl methyl sites for hydroxylation is 2. The summed E-state index contributed by atoms with van der Waals surface area (Å²) in [5, 5.41) is 2.17. The number of carbonyl (C=O) groups excluding carboxylic acids is 2. The first kappa shape index (κ1) is 26.6. The van der Waals surface area contributed by atoms with Gasteiger partial charge >= 0.3 is 0 Å². The summed E-state index contributed by atoms with van der Waals surface area (Å²) in [5.41, 5.74) is 5.84. The van der Waals surface area contributed by atoms with Crippen LogP contribution in [0, 0.1) is 6.92 Å². The summed E-state index contributed by atoms with van der Waals surface area (Å²) in [7, 11) is 0. The summed E-state index contributed by atoms with van der Waals surface area (Å²) >= 11 is 1.82. The molecule has 2 atom stereocenters. The second-order valence-corrected chi connectivity index (χ2v) is 11.8. The van der Waals surface area contributed by atoms with Crippen LogP contribution in [0.25, 0.3) is 0 Å². The van der Waals surface area contributed by atoms with Gasteiger partial charge in [-0.25, -0.2) is 0 Å². The first-order chi connectivity index (χ1) is 18.4. The number of unbranched alkanes of at least 4 members (excludes halogenated alkanes) is 1. The van der Waals surface area contributed by atoms with Gasteiger partial charge in [0.05, 0.1) is 12.6 Å². The minimum atomic E-state index is -0.0160. The number of thiophene rings is 1. The van der Waals surface area contributed by atoms with Gasteiger partial charge in [-0.3, -0.25) is 14.5 Å². The highest BCUT2D eigenvalue weighted by Gasteiger charge is 2.34. The Morgan fingerprint density at radius 2 is 1.74 bits per heavy atom. The van der Waals surface area contributed by atoms with Gasteiger partial charge in [0.2, 0.25) is 5.91 Å². The van der Waals surface area contributed by atoms with E-state index in [-0.39, 0.29) is 23.9 Å². The van der Waals surface area contributed by atoms with Crippen LogP contribution in [-0.4, -0.2) is 65.3 Å². The molecule has 1 saturated heterocycles. The van der Waals surface area contributed by atoms with Crippen molar-refractivity contribution in [3.63, 3.8) is 0 Å². The third-order valence-electron chi connectivity index (χ3n) is 8.06. The van der Waals surface area contributed by atoms with Gasteiger partial charge in [0, 0.05) is 42.7 Å². The van der Waals surface area contributed by atoms with Crippen LogP contribution in [0.15, 0.2) is 60.0 Å². The van der Waals surface area contributed by atoms with Crippen LogP contribution in [0.1, 0.15) is 70.2 Å². The zero-order valence-corrected chi connectivity index (χ0v) is 23.7. The van der Waals surface area contributed by atoms with Crippen molar-refractivity contribution < 1.29 is 9.59 Å². The van der Waals surface area contributed by atoms with E-state index in [1.165, 1.54) is 33.6 Å². The number of amides is 2. The lowest BCUT2D eigenvalue weighted by atomic mass is 9.92. The van der Waals surface area contributed by atoms with Crippen molar-refractivity contribution in [3.8, 4) is 0 Å². The number of hydrogen-bond donors (Lipinski definition) is 0. The van der Waals surface area contributed by atoms with Crippen molar-refractivity contribution in [3.05, 3.63) is 92.7 Å². The zero-order chi connectivity index (χ0) is 26.6. The van der Waals surface area contributed by atoms with E-state index >= 15 is 0 Å². The average Bonchev–Trinajstić information content (AvgIpc) is 3.41. The minimum absolute atomic E-state index is 0.0160. The predicted octanol–water partition coefficient (Wildman–Crippen LogP) is 5.72. The molecule has 2 aliphatic heterocycles. The van der Waals surface area contributed by atoms with Crippen molar-refractivity contribution in [2.24, 2.45) is 0 Å². The molecule has 6 heteroatoms. The number of nitrogens with zero attached hydrogens (tertiary/aromatic N) is 3. The first-order valence-corrected chi connectivity index (χ1v) is 14.9. The maximum atomic E-state index is 13.5. The molecule has 3 aromatic rings. The molecular formula is C32H39N3O2S. The third-order valence-corrected chi connectivity index (χ3v) is 9.05. The molecule has 5 nitrogen and oxygen atoms in total. The molecule has 2 aromatic carbocycles. The molecule has 0 saturated carbocycles. The Morgan fingerprint density at radius 3 is 2.45 bits per heavy atom. The number of benzene rings is 2. The van der Waals surface area contributed by atoms with E-state index in [0.29, 0.717) is 26.2 Å². The van der Waals surface area contributed by atoms with Gasteiger partial charge in [-0.05, 0) is 73.4 Å². The summed E-state index contributed by atoms with van der Waals surface area (Å²) in [6, 6.07) is 19.1. The lowest BCUT2D eigenvalue weighted by Gasteiger charge is -2.42. The number of hydrogen-bond acceptors (Lipinski definition) is 4. The van der Waals surface area contributed by atoms with Crippen molar-refractivity contribution in [1.29, 1.82) is 0 Å². The second-order valence-electron chi connectivity index (χ2n) is 10.8. The fraction of sp³-hybridized carbons (Fsp3) is 0.438. The monoisotopic (exact) mass is 529 g/mol. The molecule has 0 N–H and O–H groups in total. The predicted molar refractivity (Wildman–Crippen MR) is 155 cm³/mol. The maximum Gasteiger partial charge on any atom is 0.254 e. The largest absolute Gasteiger partial charge is 0.338 e. The van der Waals surface area contributed by atoms with Crippen molar-refractivity contribution in [1.82, 2.24) is 14.7 Å². The molecule has 200 valence electrons. The quantitative estimate of drug-likeness (QED) is 0.393. The molecule has 5 rings (SSSR count). The van der Waals surface area contributed by atoms with E-state index in [1.807, 2.05) is 33.3 Å². The summed E-state index contributed by atoms with van der Waals surface area (Å²) < 4.78 is 0. The van der Waals surface area contributed by atoms with Gasteiger partial charge in [-0.15, -0.1) is 11.3 Å². The Balaban J connectivity index is 1.23. The number of rotatable bonds is 7. The summed E-state index contributed by atoms with van der Waals surface area (Å²) in [5.74, 6) is 0.215. The third kappa shape index (κ3) is 5.71. The van der Waals surface area contributed by atoms with E-state index in [4.69, 9.17) is 0 Å². The van der Waals surface area contributed by atoms with Gasteiger partial charge in [0.1, 0.15) is 0 Å². The molecular weight excluding hydrogens is 490 g/mol. The molecule has 0 spiro atoms. The number of fused-ring (bicyclic) bond motifs is 1. The normalized spacial score (nSPS) is 19.9. The fourth-order valence-electron chi connectivity index (χ4n) is 5.80. The molecule has 2 aliphatic rings. The molecule has 2 unspecified atom stereocenters. The highest BCUT2D eigenvalue weighted by atomic mass is 32.1. The smallest absolute Gasteiger partial charge is 0.254 e. The summed E-state index contributed by atoms with van der Waals surface area (Å²) in [4.78, 5) is 34.5. The van der Waals surface area contributed by atoms with E-state index in [2.05, 4.69) is 73.5 Å². The first-order valence-electron chi connectivity index (χ1n) is 14.0. The Morgan fingerprint density at radius 1 is 0.974 bits per heavy atom. The topological polar surface area (TPSA) is 43.9 Å². The molecule has 2 amide bonds. The summed E-state index contributed by atoms with van der Waals surface area (Å²) in [6.45, 7) is 9.35. The summed E-state index contributed by atoms with van der Waals surface area (Å²) in [6.07, 6.45) is 4.37. The second kappa shape index (κ2) is 11.8. The highest BCUT2D eigenvalue weighted by Crippen LogP contribution is 2.37. The Labute approximate surface area is 231 Å². The lowest BCUT2D eigenvalue weighted by molar-refractivity contribution is -0.135. The molecule has 0 bridgehead atoms. The van der Waals surface area contributed by atoms with Crippen LogP contribution in [-0.2, 0) is 17.6 Å². The zero-order valence-electron chi connectivity index (χ0n) is 22.9. The number of piperazine rings is 1. The minimum Gasteiger partial charge on any atom is -0.338 e. The standard InChI is InChI=1S/C32H39N3O2S/c1-4-5-6-25-9-13-27(14-10-25)32(37)35-19-18-33(21-24(35)3)30(36)22-34-17-15-29-28(16-20-38-29)31(34)26-11-7-23(2)8-12-26/h7-14,16,20,24,31H,4-6,15,17-19,21-22H2,1-3H3. The van der Waals surface area contributed by atoms with Crippen LogP contribution >= 0.6 is 11.3 Å². The lowest BCUT2D eigenvalue weighted by Crippen LogP contribution is -2.57.